The number of hydrogen-bond acceptors (Lipinski definition) is 3. The second-order valence-electron chi connectivity index (χ2n) is 5.20. The van der Waals surface area contributed by atoms with E-state index in [1.165, 1.54) is 11.3 Å². The van der Waals surface area contributed by atoms with E-state index in [2.05, 4.69) is 41.1 Å². The third-order valence-electron chi connectivity index (χ3n) is 3.38. The molecule has 20 heavy (non-hydrogen) atoms. The highest BCUT2D eigenvalue weighted by atomic mass is 16.5. The average Bonchev–Trinajstić information content (AvgIpc) is 2.75. The van der Waals surface area contributed by atoms with Crippen LogP contribution in [0.2, 0.25) is 0 Å². The third kappa shape index (κ3) is 3.61. The van der Waals surface area contributed by atoms with Crippen LogP contribution >= 0.6 is 0 Å². The van der Waals surface area contributed by atoms with E-state index < -0.39 is 0 Å². The van der Waals surface area contributed by atoms with E-state index in [1.54, 1.807) is 7.11 Å². The van der Waals surface area contributed by atoms with E-state index in [0.29, 0.717) is 6.04 Å². The summed E-state index contributed by atoms with van der Waals surface area (Å²) in [6.45, 7) is 7.95. The first-order valence-electron chi connectivity index (χ1n) is 6.96. The molecule has 1 unspecified atom stereocenters. The highest BCUT2D eigenvalue weighted by molar-refractivity contribution is 5.33. The molecule has 0 saturated heterocycles. The van der Waals surface area contributed by atoms with Gasteiger partial charge in [0.2, 0.25) is 0 Å². The van der Waals surface area contributed by atoms with E-state index >= 15 is 0 Å². The fourth-order valence-corrected chi connectivity index (χ4v) is 2.32. The maximum atomic E-state index is 5.36. The van der Waals surface area contributed by atoms with Gasteiger partial charge in [0.25, 0.3) is 0 Å². The van der Waals surface area contributed by atoms with E-state index in [-0.39, 0.29) is 0 Å². The van der Waals surface area contributed by atoms with Gasteiger partial charge >= 0.3 is 0 Å². The lowest BCUT2D eigenvalue weighted by molar-refractivity contribution is 0.400. The highest BCUT2D eigenvalue weighted by Crippen LogP contribution is 2.17. The minimum atomic E-state index is 0.345. The van der Waals surface area contributed by atoms with Gasteiger partial charge < -0.3 is 10.1 Å². The summed E-state index contributed by atoms with van der Waals surface area (Å²) >= 11 is 0. The smallest absolute Gasteiger partial charge is 0.123 e. The van der Waals surface area contributed by atoms with Crippen molar-refractivity contribution >= 4 is 0 Å². The van der Waals surface area contributed by atoms with Gasteiger partial charge in [0.05, 0.1) is 19.3 Å². The molecule has 1 aromatic carbocycles. The summed E-state index contributed by atoms with van der Waals surface area (Å²) in [5.74, 6) is 0.929. The summed E-state index contributed by atoms with van der Waals surface area (Å²) in [4.78, 5) is 0. The summed E-state index contributed by atoms with van der Waals surface area (Å²) in [6, 6.07) is 10.5. The van der Waals surface area contributed by atoms with Gasteiger partial charge in [-0.25, -0.2) is 0 Å². The first kappa shape index (κ1) is 14.6. The predicted molar refractivity (Wildman–Crippen MR) is 81.0 cm³/mol. The van der Waals surface area contributed by atoms with Crippen LogP contribution in [0.25, 0.3) is 0 Å². The first-order chi connectivity index (χ1) is 9.60. The molecule has 1 aromatic heterocycles. The van der Waals surface area contributed by atoms with E-state index in [1.807, 2.05) is 25.1 Å². The summed E-state index contributed by atoms with van der Waals surface area (Å²) in [5, 5.41) is 8.01. The summed E-state index contributed by atoms with van der Waals surface area (Å²) < 4.78 is 7.41. The Kier molecular flexibility index (Phi) is 4.79. The van der Waals surface area contributed by atoms with Crippen molar-refractivity contribution in [3.05, 3.63) is 47.3 Å². The fraction of sp³-hybridized carbons (Fsp3) is 0.438. The van der Waals surface area contributed by atoms with Crippen molar-refractivity contribution in [3.8, 4) is 5.75 Å². The van der Waals surface area contributed by atoms with Gasteiger partial charge in [-0.1, -0.05) is 18.2 Å². The average molecular weight is 273 g/mol. The van der Waals surface area contributed by atoms with Crippen LogP contribution in [0.5, 0.6) is 5.75 Å². The van der Waals surface area contributed by atoms with Crippen molar-refractivity contribution in [2.75, 3.05) is 7.11 Å². The molecular formula is C16H23N3O. The lowest BCUT2D eigenvalue weighted by Crippen LogP contribution is -2.30. The van der Waals surface area contributed by atoms with Crippen molar-refractivity contribution in [3.63, 3.8) is 0 Å². The fourth-order valence-electron chi connectivity index (χ4n) is 2.32. The van der Waals surface area contributed by atoms with E-state index in [4.69, 9.17) is 4.74 Å². The maximum Gasteiger partial charge on any atom is 0.123 e. The van der Waals surface area contributed by atoms with Crippen LogP contribution in [0.3, 0.4) is 0 Å². The molecule has 1 heterocycles. The molecule has 4 nitrogen and oxygen atoms in total. The van der Waals surface area contributed by atoms with Crippen LogP contribution in [0, 0.1) is 13.8 Å². The van der Waals surface area contributed by atoms with Crippen LogP contribution in [0.4, 0.5) is 0 Å². The number of benzene rings is 1. The molecule has 0 aliphatic carbocycles. The van der Waals surface area contributed by atoms with Gasteiger partial charge in [-0.3, -0.25) is 4.68 Å². The normalized spacial score (nSPS) is 12.4. The molecule has 0 aliphatic heterocycles. The minimum absolute atomic E-state index is 0.345. The van der Waals surface area contributed by atoms with Crippen molar-refractivity contribution in [2.24, 2.45) is 0 Å². The molecule has 108 valence electrons. The Morgan fingerprint density at radius 2 is 2.05 bits per heavy atom. The monoisotopic (exact) mass is 273 g/mol. The van der Waals surface area contributed by atoms with Crippen LogP contribution in [0.1, 0.15) is 23.9 Å². The van der Waals surface area contributed by atoms with Gasteiger partial charge in [0.1, 0.15) is 5.75 Å². The van der Waals surface area contributed by atoms with Crippen LogP contribution in [-0.4, -0.2) is 22.9 Å². The largest absolute Gasteiger partial charge is 0.496 e. The Hall–Kier alpha value is -1.81. The summed E-state index contributed by atoms with van der Waals surface area (Å²) in [5.41, 5.74) is 3.45. The molecule has 0 spiro atoms. The molecule has 2 rings (SSSR count). The molecule has 0 aliphatic rings. The maximum absolute atomic E-state index is 5.36. The van der Waals surface area contributed by atoms with Crippen molar-refractivity contribution < 1.29 is 4.74 Å². The minimum Gasteiger partial charge on any atom is -0.496 e. The molecule has 1 N–H and O–H groups in total. The lowest BCUT2D eigenvalue weighted by atomic mass is 10.2. The zero-order valence-corrected chi connectivity index (χ0v) is 12.7. The zero-order valence-electron chi connectivity index (χ0n) is 12.7. The van der Waals surface area contributed by atoms with Crippen molar-refractivity contribution in [2.45, 2.75) is 39.9 Å². The lowest BCUT2D eigenvalue weighted by Gasteiger charge is -2.16. The standard InChI is InChI=1S/C16H23N3O/c1-12-9-14(3)19(18-12)11-13(2)17-10-15-7-5-6-8-16(15)20-4/h5-9,13,17H,10-11H2,1-4H3. The molecule has 1 atom stereocenters. The second kappa shape index (κ2) is 6.57. The van der Waals surface area contributed by atoms with Gasteiger partial charge in [0, 0.05) is 23.8 Å². The molecule has 0 saturated carbocycles. The molecule has 0 radical (unpaired) electrons. The highest BCUT2D eigenvalue weighted by Gasteiger charge is 2.08. The number of aryl methyl sites for hydroxylation is 2. The molecule has 0 bridgehead atoms. The SMILES string of the molecule is COc1ccccc1CNC(C)Cn1nc(C)cc1C. The summed E-state index contributed by atoms with van der Waals surface area (Å²) in [7, 11) is 1.71. The van der Waals surface area contributed by atoms with E-state index in [9.17, 15) is 0 Å². The molecule has 4 heteroatoms. The Morgan fingerprint density at radius 3 is 2.70 bits per heavy atom. The Bertz CT molecular complexity index is 563. The van der Waals surface area contributed by atoms with Gasteiger partial charge in [0.15, 0.2) is 0 Å². The zero-order chi connectivity index (χ0) is 14.5. The quantitative estimate of drug-likeness (QED) is 0.879. The Morgan fingerprint density at radius 1 is 1.30 bits per heavy atom. The molecule has 0 amide bonds. The Labute approximate surface area is 120 Å². The summed E-state index contributed by atoms with van der Waals surface area (Å²) in [6.07, 6.45) is 0. The van der Waals surface area contributed by atoms with Crippen LogP contribution in [0.15, 0.2) is 30.3 Å². The number of aromatic nitrogens is 2. The van der Waals surface area contributed by atoms with Gasteiger partial charge in [-0.2, -0.15) is 5.10 Å². The van der Waals surface area contributed by atoms with Gasteiger partial charge in [-0.15, -0.1) is 0 Å². The number of nitrogens with zero attached hydrogens (tertiary/aromatic N) is 2. The number of ether oxygens (including phenoxy) is 1. The van der Waals surface area contributed by atoms with Crippen LogP contribution in [-0.2, 0) is 13.1 Å². The van der Waals surface area contributed by atoms with E-state index in [0.717, 1.165) is 24.5 Å². The predicted octanol–water partition coefficient (Wildman–Crippen LogP) is 2.69. The van der Waals surface area contributed by atoms with Crippen molar-refractivity contribution in [1.82, 2.24) is 15.1 Å². The number of methoxy groups -OCH3 is 1. The topological polar surface area (TPSA) is 39.1 Å². The molecular weight excluding hydrogens is 250 g/mol. The second-order valence-corrected chi connectivity index (χ2v) is 5.20. The number of hydrogen-bond donors (Lipinski definition) is 1. The third-order valence-corrected chi connectivity index (χ3v) is 3.38. The first-order valence-corrected chi connectivity index (χ1v) is 6.96. The van der Waals surface area contributed by atoms with Crippen molar-refractivity contribution in [1.29, 1.82) is 0 Å². The molecule has 2 aromatic rings. The van der Waals surface area contributed by atoms with Crippen LogP contribution < -0.4 is 10.1 Å². The number of nitrogens with one attached hydrogen (secondary N) is 1. The Balaban J connectivity index is 1.92. The number of rotatable bonds is 6. The number of para-hydroxylation sites is 1. The molecule has 0 fully saturated rings. The van der Waals surface area contributed by atoms with Gasteiger partial charge in [-0.05, 0) is 32.9 Å².